The molecule has 16 heavy (non-hydrogen) atoms. The van der Waals surface area contributed by atoms with E-state index in [-0.39, 0.29) is 12.0 Å². The van der Waals surface area contributed by atoms with Gasteiger partial charge in [-0.25, -0.2) is 0 Å². The van der Waals surface area contributed by atoms with Crippen LogP contribution in [0.15, 0.2) is 0 Å². The third kappa shape index (κ3) is 2.61. The lowest BCUT2D eigenvalue weighted by molar-refractivity contribution is -0.142. The van der Waals surface area contributed by atoms with Gasteiger partial charge in [-0.15, -0.1) is 0 Å². The summed E-state index contributed by atoms with van der Waals surface area (Å²) >= 11 is 0. The van der Waals surface area contributed by atoms with Gasteiger partial charge in [0.2, 0.25) is 0 Å². The molecule has 1 aromatic rings. The molecule has 0 saturated carbocycles. The van der Waals surface area contributed by atoms with Crippen molar-refractivity contribution in [2.24, 2.45) is 7.05 Å². The van der Waals surface area contributed by atoms with E-state index in [4.69, 9.17) is 0 Å². The highest BCUT2D eigenvalue weighted by Crippen LogP contribution is 2.11. The second kappa shape index (κ2) is 5.12. The van der Waals surface area contributed by atoms with Crippen molar-refractivity contribution in [2.45, 2.75) is 33.4 Å². The molecule has 0 radical (unpaired) electrons. The Balaban J connectivity index is 2.64. The number of aromatic nitrogens is 2. The zero-order valence-corrected chi connectivity index (χ0v) is 10.5. The molecule has 0 aliphatic heterocycles. The molecule has 0 aliphatic rings. The van der Waals surface area contributed by atoms with Crippen LogP contribution in [-0.4, -0.2) is 28.9 Å². The number of aryl methyl sites for hydroxylation is 2. The minimum atomic E-state index is -0.302. The van der Waals surface area contributed by atoms with Crippen molar-refractivity contribution < 1.29 is 9.53 Å². The third-order valence-corrected chi connectivity index (χ3v) is 2.80. The van der Waals surface area contributed by atoms with Gasteiger partial charge in [0, 0.05) is 24.8 Å². The Kier molecular flexibility index (Phi) is 4.06. The van der Waals surface area contributed by atoms with Gasteiger partial charge in [0.15, 0.2) is 0 Å². The first-order valence-corrected chi connectivity index (χ1v) is 5.27. The molecule has 0 aromatic carbocycles. The van der Waals surface area contributed by atoms with Gasteiger partial charge in [-0.1, -0.05) is 0 Å². The fourth-order valence-electron chi connectivity index (χ4n) is 1.59. The topological polar surface area (TPSA) is 56.1 Å². The lowest BCUT2D eigenvalue weighted by atomic mass is 10.2. The van der Waals surface area contributed by atoms with Crippen LogP contribution in [0.2, 0.25) is 0 Å². The minimum absolute atomic E-state index is 0.251. The number of hydrogen-bond acceptors (Lipinski definition) is 4. The van der Waals surface area contributed by atoms with Crippen LogP contribution in [-0.2, 0) is 23.1 Å². The van der Waals surface area contributed by atoms with Gasteiger partial charge in [0.05, 0.1) is 12.8 Å². The summed E-state index contributed by atoms with van der Waals surface area (Å²) in [6, 6.07) is -0.302. The van der Waals surface area contributed by atoms with Gasteiger partial charge in [-0.3, -0.25) is 9.48 Å². The molecule has 0 saturated heterocycles. The molecule has 5 heteroatoms. The van der Waals surface area contributed by atoms with Crippen molar-refractivity contribution >= 4 is 5.97 Å². The van der Waals surface area contributed by atoms with Crippen LogP contribution >= 0.6 is 0 Å². The van der Waals surface area contributed by atoms with Gasteiger partial charge in [-0.2, -0.15) is 5.10 Å². The molecule has 90 valence electrons. The molecular weight excluding hydrogens is 206 g/mol. The number of nitrogens with one attached hydrogen (secondary N) is 1. The van der Waals surface area contributed by atoms with Crippen LogP contribution in [0, 0.1) is 13.8 Å². The first-order chi connectivity index (χ1) is 7.47. The van der Waals surface area contributed by atoms with Crippen molar-refractivity contribution in [2.75, 3.05) is 7.11 Å². The van der Waals surface area contributed by atoms with Crippen molar-refractivity contribution in [1.29, 1.82) is 0 Å². The molecule has 0 bridgehead atoms. The quantitative estimate of drug-likeness (QED) is 0.766. The summed E-state index contributed by atoms with van der Waals surface area (Å²) < 4.78 is 6.49. The predicted octanol–water partition coefficient (Wildman–Crippen LogP) is 0.688. The second-order valence-electron chi connectivity index (χ2n) is 3.90. The number of nitrogens with zero attached hydrogens (tertiary/aromatic N) is 2. The zero-order chi connectivity index (χ0) is 12.3. The highest BCUT2D eigenvalue weighted by Gasteiger charge is 2.14. The predicted molar refractivity (Wildman–Crippen MR) is 61.0 cm³/mol. The van der Waals surface area contributed by atoms with Crippen LogP contribution in [0.3, 0.4) is 0 Å². The van der Waals surface area contributed by atoms with E-state index >= 15 is 0 Å². The molecule has 5 nitrogen and oxygen atoms in total. The molecule has 0 aliphatic carbocycles. The summed E-state index contributed by atoms with van der Waals surface area (Å²) in [5, 5.41) is 7.43. The van der Waals surface area contributed by atoms with Crippen LogP contribution in [0.1, 0.15) is 23.9 Å². The molecule has 0 fully saturated rings. The smallest absolute Gasteiger partial charge is 0.322 e. The molecule has 0 spiro atoms. The van der Waals surface area contributed by atoms with Crippen LogP contribution in [0.5, 0.6) is 0 Å². The van der Waals surface area contributed by atoms with E-state index in [0.717, 1.165) is 17.0 Å². The van der Waals surface area contributed by atoms with Crippen molar-refractivity contribution in [3.05, 3.63) is 17.0 Å². The average Bonchev–Trinajstić information content (AvgIpc) is 2.49. The third-order valence-electron chi connectivity index (χ3n) is 2.80. The number of methoxy groups -OCH3 is 1. The zero-order valence-electron chi connectivity index (χ0n) is 10.5. The maximum absolute atomic E-state index is 11.2. The summed E-state index contributed by atoms with van der Waals surface area (Å²) in [6.45, 7) is 6.39. The Morgan fingerprint density at radius 3 is 2.62 bits per heavy atom. The van der Waals surface area contributed by atoms with Crippen molar-refractivity contribution in [3.8, 4) is 0 Å². The van der Waals surface area contributed by atoms with E-state index in [1.54, 1.807) is 6.92 Å². The Bertz CT molecular complexity index is 385. The van der Waals surface area contributed by atoms with E-state index < -0.39 is 0 Å². The number of ether oxygens (including phenoxy) is 1. The van der Waals surface area contributed by atoms with Gasteiger partial charge in [0.1, 0.15) is 6.04 Å². The number of esters is 1. The van der Waals surface area contributed by atoms with E-state index in [1.165, 1.54) is 7.11 Å². The fraction of sp³-hybridized carbons (Fsp3) is 0.636. The summed E-state index contributed by atoms with van der Waals surface area (Å²) in [5.41, 5.74) is 3.24. The van der Waals surface area contributed by atoms with E-state index in [9.17, 15) is 4.79 Å². The van der Waals surface area contributed by atoms with Crippen molar-refractivity contribution in [1.82, 2.24) is 15.1 Å². The maximum atomic E-state index is 11.2. The monoisotopic (exact) mass is 225 g/mol. The standard InChI is InChI=1S/C11H19N3O2/c1-7-10(9(3)14(4)13-7)6-12-8(2)11(15)16-5/h8,12H,6H2,1-5H3/t8-/m0/s1. The number of hydrogen-bond donors (Lipinski definition) is 1. The molecule has 1 rings (SSSR count). The Morgan fingerprint density at radius 2 is 2.19 bits per heavy atom. The van der Waals surface area contributed by atoms with Crippen LogP contribution in [0.4, 0.5) is 0 Å². The van der Waals surface area contributed by atoms with Gasteiger partial charge < -0.3 is 10.1 Å². The summed E-state index contributed by atoms with van der Waals surface area (Å²) in [6.07, 6.45) is 0. The largest absolute Gasteiger partial charge is 0.468 e. The fourth-order valence-corrected chi connectivity index (χ4v) is 1.59. The molecule has 1 N–H and O–H groups in total. The summed E-state index contributed by atoms with van der Waals surface area (Å²) in [7, 11) is 3.30. The molecule has 0 amide bonds. The lowest BCUT2D eigenvalue weighted by Crippen LogP contribution is -2.34. The highest BCUT2D eigenvalue weighted by atomic mass is 16.5. The Hall–Kier alpha value is -1.36. The Morgan fingerprint density at radius 1 is 1.56 bits per heavy atom. The molecule has 1 heterocycles. The summed E-state index contributed by atoms with van der Waals surface area (Å²) in [5.74, 6) is -0.251. The first kappa shape index (κ1) is 12.7. The maximum Gasteiger partial charge on any atom is 0.322 e. The van der Waals surface area contributed by atoms with Crippen LogP contribution < -0.4 is 5.32 Å². The molecule has 1 atom stereocenters. The molecular formula is C11H19N3O2. The number of carbonyl (C=O) groups is 1. The highest BCUT2D eigenvalue weighted by molar-refractivity contribution is 5.75. The van der Waals surface area contributed by atoms with E-state index in [2.05, 4.69) is 15.2 Å². The summed E-state index contributed by atoms with van der Waals surface area (Å²) in [4.78, 5) is 11.2. The Labute approximate surface area is 95.8 Å². The normalized spacial score (nSPS) is 12.6. The second-order valence-corrected chi connectivity index (χ2v) is 3.90. The number of carbonyl (C=O) groups excluding carboxylic acids is 1. The van der Waals surface area contributed by atoms with E-state index in [0.29, 0.717) is 6.54 Å². The lowest BCUT2D eigenvalue weighted by Gasteiger charge is -2.11. The average molecular weight is 225 g/mol. The SMILES string of the molecule is COC(=O)[C@H](C)NCc1c(C)nn(C)c1C. The van der Waals surface area contributed by atoms with E-state index in [1.807, 2.05) is 25.6 Å². The minimum Gasteiger partial charge on any atom is -0.468 e. The van der Waals surface area contributed by atoms with Gasteiger partial charge in [0.25, 0.3) is 0 Å². The van der Waals surface area contributed by atoms with Gasteiger partial charge in [-0.05, 0) is 20.8 Å². The molecule has 1 aromatic heterocycles. The first-order valence-electron chi connectivity index (χ1n) is 5.27. The van der Waals surface area contributed by atoms with Crippen LogP contribution in [0.25, 0.3) is 0 Å². The van der Waals surface area contributed by atoms with Crippen molar-refractivity contribution in [3.63, 3.8) is 0 Å². The van der Waals surface area contributed by atoms with Gasteiger partial charge >= 0.3 is 5.97 Å². The molecule has 0 unspecified atom stereocenters. The number of rotatable bonds is 4.